The molecule has 0 radical (unpaired) electrons. The number of piperidine rings is 1. The molecule has 0 saturated carbocycles. The average molecular weight is 327 g/mol. The molecular weight excluding hydrogens is 308 g/mol. The molecule has 2 unspecified atom stereocenters. The third-order valence-electron chi connectivity index (χ3n) is 3.58. The van der Waals surface area contributed by atoms with Crippen LogP contribution in [0.5, 0.6) is 0 Å². The molecule has 1 fully saturated rings. The highest BCUT2D eigenvalue weighted by Gasteiger charge is 2.29. The van der Waals surface area contributed by atoms with Gasteiger partial charge in [0.1, 0.15) is 6.04 Å². The highest BCUT2D eigenvalue weighted by molar-refractivity contribution is 9.10. The minimum absolute atomic E-state index is 0.277. The van der Waals surface area contributed by atoms with E-state index in [-0.39, 0.29) is 11.9 Å². The van der Waals surface area contributed by atoms with Crippen molar-refractivity contribution in [3.8, 4) is 0 Å². The molecule has 1 heterocycles. The van der Waals surface area contributed by atoms with Crippen LogP contribution in [0.3, 0.4) is 0 Å². The van der Waals surface area contributed by atoms with Crippen LogP contribution >= 0.6 is 15.9 Å². The van der Waals surface area contributed by atoms with Gasteiger partial charge in [-0.15, -0.1) is 0 Å². The Kier molecular flexibility index (Phi) is 4.47. The maximum Gasteiger partial charge on any atom is 0.240 e. The number of rotatable bonds is 3. The SMILES string of the molecule is CC(O)c1ccc(Br)cc1N1CCCCC1C(N)=O. The molecule has 1 aromatic carbocycles. The van der Waals surface area contributed by atoms with Gasteiger partial charge in [0.15, 0.2) is 0 Å². The minimum Gasteiger partial charge on any atom is -0.389 e. The molecule has 0 aliphatic carbocycles. The zero-order valence-electron chi connectivity index (χ0n) is 11.0. The molecular formula is C14H19BrN2O2. The van der Waals surface area contributed by atoms with E-state index in [9.17, 15) is 9.90 Å². The molecule has 2 rings (SSSR count). The summed E-state index contributed by atoms with van der Waals surface area (Å²) >= 11 is 3.44. The molecule has 0 aromatic heterocycles. The van der Waals surface area contributed by atoms with Crippen molar-refractivity contribution in [1.82, 2.24) is 0 Å². The lowest BCUT2D eigenvalue weighted by molar-refractivity contribution is -0.119. The summed E-state index contributed by atoms with van der Waals surface area (Å²) in [5.41, 5.74) is 7.23. The van der Waals surface area contributed by atoms with Gasteiger partial charge in [-0.05, 0) is 38.3 Å². The van der Waals surface area contributed by atoms with Gasteiger partial charge in [0.05, 0.1) is 6.10 Å². The number of primary amides is 1. The first-order valence-electron chi connectivity index (χ1n) is 6.54. The summed E-state index contributed by atoms with van der Waals surface area (Å²) in [4.78, 5) is 13.6. The number of benzene rings is 1. The molecule has 1 aliphatic rings. The summed E-state index contributed by atoms with van der Waals surface area (Å²) in [6, 6.07) is 5.45. The Hall–Kier alpha value is -1.07. The number of nitrogens with two attached hydrogens (primary N) is 1. The van der Waals surface area contributed by atoms with Crippen LogP contribution in [0.4, 0.5) is 5.69 Å². The fourth-order valence-corrected chi connectivity index (χ4v) is 2.98. The van der Waals surface area contributed by atoms with E-state index in [1.807, 2.05) is 23.1 Å². The van der Waals surface area contributed by atoms with Crippen molar-refractivity contribution in [1.29, 1.82) is 0 Å². The number of aliphatic hydroxyl groups excluding tert-OH is 1. The predicted octanol–water partition coefficient (Wildman–Crippen LogP) is 2.35. The summed E-state index contributed by atoms with van der Waals surface area (Å²) in [5.74, 6) is -0.295. The molecule has 2 atom stereocenters. The number of hydrogen-bond donors (Lipinski definition) is 2. The molecule has 0 bridgehead atoms. The van der Waals surface area contributed by atoms with Gasteiger partial charge in [-0.2, -0.15) is 0 Å². The Morgan fingerprint density at radius 1 is 1.53 bits per heavy atom. The number of halogens is 1. The van der Waals surface area contributed by atoms with Crippen LogP contribution in [-0.4, -0.2) is 23.6 Å². The van der Waals surface area contributed by atoms with E-state index >= 15 is 0 Å². The van der Waals surface area contributed by atoms with E-state index in [0.29, 0.717) is 0 Å². The first kappa shape index (κ1) is 14.3. The number of amides is 1. The molecule has 3 N–H and O–H groups in total. The molecule has 104 valence electrons. The van der Waals surface area contributed by atoms with Crippen LogP contribution < -0.4 is 10.6 Å². The second-order valence-corrected chi connectivity index (χ2v) is 5.90. The molecule has 1 aliphatic heterocycles. The largest absolute Gasteiger partial charge is 0.389 e. The molecule has 19 heavy (non-hydrogen) atoms. The van der Waals surface area contributed by atoms with Crippen LogP contribution in [0.1, 0.15) is 37.9 Å². The molecule has 0 spiro atoms. The van der Waals surface area contributed by atoms with Gasteiger partial charge >= 0.3 is 0 Å². The fourth-order valence-electron chi connectivity index (χ4n) is 2.63. The predicted molar refractivity (Wildman–Crippen MR) is 79.0 cm³/mol. The van der Waals surface area contributed by atoms with Crippen molar-refractivity contribution in [3.63, 3.8) is 0 Å². The second-order valence-electron chi connectivity index (χ2n) is 4.99. The summed E-state index contributed by atoms with van der Waals surface area (Å²) < 4.78 is 0.931. The van der Waals surface area contributed by atoms with Crippen molar-refractivity contribution in [2.75, 3.05) is 11.4 Å². The van der Waals surface area contributed by atoms with Crippen molar-refractivity contribution in [3.05, 3.63) is 28.2 Å². The zero-order valence-corrected chi connectivity index (χ0v) is 12.6. The van der Waals surface area contributed by atoms with Crippen LogP contribution in [-0.2, 0) is 4.79 Å². The standard InChI is InChI=1S/C14H19BrN2O2/c1-9(18)11-6-5-10(15)8-13(11)17-7-3-2-4-12(17)14(16)19/h5-6,8-9,12,18H,2-4,7H2,1H3,(H2,16,19). The first-order valence-corrected chi connectivity index (χ1v) is 7.33. The van der Waals surface area contributed by atoms with Crippen LogP contribution in [0.15, 0.2) is 22.7 Å². The number of carbonyl (C=O) groups excluding carboxylic acids is 1. The van der Waals surface area contributed by atoms with Gasteiger partial charge in [-0.3, -0.25) is 4.79 Å². The van der Waals surface area contributed by atoms with Crippen molar-refractivity contribution in [2.45, 2.75) is 38.3 Å². The fraction of sp³-hybridized carbons (Fsp3) is 0.500. The molecule has 4 nitrogen and oxygen atoms in total. The Bertz CT molecular complexity index is 477. The number of hydrogen-bond acceptors (Lipinski definition) is 3. The van der Waals surface area contributed by atoms with E-state index < -0.39 is 6.10 Å². The number of carbonyl (C=O) groups is 1. The summed E-state index contributed by atoms with van der Waals surface area (Å²) in [6.45, 7) is 2.53. The van der Waals surface area contributed by atoms with Gasteiger partial charge in [0.25, 0.3) is 0 Å². The van der Waals surface area contributed by atoms with Crippen LogP contribution in [0.2, 0.25) is 0 Å². The lowest BCUT2D eigenvalue weighted by Crippen LogP contribution is -2.48. The van der Waals surface area contributed by atoms with E-state index in [0.717, 1.165) is 41.5 Å². The Morgan fingerprint density at radius 3 is 2.89 bits per heavy atom. The third kappa shape index (κ3) is 3.09. The molecule has 1 amide bonds. The van der Waals surface area contributed by atoms with E-state index in [4.69, 9.17) is 5.73 Å². The third-order valence-corrected chi connectivity index (χ3v) is 4.08. The number of nitrogens with zero attached hydrogens (tertiary/aromatic N) is 1. The average Bonchev–Trinajstić information content (AvgIpc) is 2.38. The molecule has 1 saturated heterocycles. The monoisotopic (exact) mass is 326 g/mol. The summed E-state index contributed by atoms with van der Waals surface area (Å²) in [7, 11) is 0. The van der Waals surface area contributed by atoms with E-state index in [2.05, 4.69) is 15.9 Å². The van der Waals surface area contributed by atoms with Gasteiger partial charge in [0, 0.05) is 22.3 Å². The Morgan fingerprint density at radius 2 is 2.26 bits per heavy atom. The smallest absolute Gasteiger partial charge is 0.240 e. The Balaban J connectivity index is 2.43. The first-order chi connectivity index (χ1) is 9.00. The van der Waals surface area contributed by atoms with Gasteiger partial charge in [-0.1, -0.05) is 22.0 Å². The van der Waals surface area contributed by atoms with Gasteiger partial charge in [-0.25, -0.2) is 0 Å². The number of aliphatic hydroxyl groups is 1. The molecule has 1 aromatic rings. The molecule has 5 heteroatoms. The maximum atomic E-state index is 11.6. The van der Waals surface area contributed by atoms with Gasteiger partial charge < -0.3 is 15.7 Å². The Labute approximate surface area is 121 Å². The van der Waals surface area contributed by atoms with Gasteiger partial charge in [0.2, 0.25) is 5.91 Å². The van der Waals surface area contributed by atoms with E-state index in [1.165, 1.54) is 0 Å². The zero-order chi connectivity index (χ0) is 14.0. The summed E-state index contributed by atoms with van der Waals surface area (Å²) in [6.07, 6.45) is 2.26. The van der Waals surface area contributed by atoms with E-state index in [1.54, 1.807) is 6.92 Å². The second kappa shape index (κ2) is 5.92. The highest BCUT2D eigenvalue weighted by atomic mass is 79.9. The quantitative estimate of drug-likeness (QED) is 0.895. The maximum absolute atomic E-state index is 11.6. The van der Waals surface area contributed by atoms with Crippen LogP contribution in [0.25, 0.3) is 0 Å². The lowest BCUT2D eigenvalue weighted by Gasteiger charge is -2.37. The number of anilines is 1. The normalized spacial score (nSPS) is 21.2. The van der Waals surface area contributed by atoms with Crippen LogP contribution in [0, 0.1) is 0 Å². The van der Waals surface area contributed by atoms with Crippen molar-refractivity contribution in [2.24, 2.45) is 5.73 Å². The van der Waals surface area contributed by atoms with Crippen molar-refractivity contribution >= 4 is 27.5 Å². The highest BCUT2D eigenvalue weighted by Crippen LogP contribution is 2.33. The summed E-state index contributed by atoms with van der Waals surface area (Å²) in [5, 5.41) is 9.89. The lowest BCUT2D eigenvalue weighted by atomic mass is 9.98. The minimum atomic E-state index is -0.571. The van der Waals surface area contributed by atoms with Crippen molar-refractivity contribution < 1.29 is 9.90 Å². The topological polar surface area (TPSA) is 66.6 Å².